The highest BCUT2D eigenvalue weighted by atomic mass is 16.5. The van der Waals surface area contributed by atoms with Crippen LogP contribution in [0.2, 0.25) is 0 Å². The van der Waals surface area contributed by atoms with Gasteiger partial charge in [0.25, 0.3) is 0 Å². The molecule has 1 heterocycles. The maximum atomic E-state index is 12.6. The lowest BCUT2D eigenvalue weighted by molar-refractivity contribution is -0.126. The number of imidazole rings is 1. The molecule has 158 valence electrons. The number of amides is 1. The van der Waals surface area contributed by atoms with Crippen LogP contribution in [-0.2, 0) is 17.9 Å². The van der Waals surface area contributed by atoms with Crippen LogP contribution in [0.1, 0.15) is 49.1 Å². The first-order valence-corrected chi connectivity index (χ1v) is 11.0. The minimum absolute atomic E-state index is 0.157. The first-order valence-electron chi connectivity index (χ1n) is 11.0. The summed E-state index contributed by atoms with van der Waals surface area (Å²) in [5.74, 6) is 2.10. The normalized spacial score (nSPS) is 14.7. The molecular formula is C25H31N3O2. The number of nitrogens with one attached hydrogen (secondary N) is 1. The Balaban J connectivity index is 1.45. The van der Waals surface area contributed by atoms with E-state index >= 15 is 0 Å². The first-order chi connectivity index (χ1) is 14.6. The molecule has 1 fully saturated rings. The van der Waals surface area contributed by atoms with Crippen molar-refractivity contribution in [2.24, 2.45) is 5.92 Å². The van der Waals surface area contributed by atoms with Gasteiger partial charge >= 0.3 is 0 Å². The monoisotopic (exact) mass is 405 g/mol. The van der Waals surface area contributed by atoms with Gasteiger partial charge in [0.05, 0.1) is 24.1 Å². The van der Waals surface area contributed by atoms with E-state index in [9.17, 15) is 4.79 Å². The molecule has 1 N–H and O–H groups in total. The molecular weight excluding hydrogens is 374 g/mol. The minimum Gasteiger partial charge on any atom is -0.492 e. The van der Waals surface area contributed by atoms with Crippen molar-refractivity contribution in [3.63, 3.8) is 0 Å². The zero-order chi connectivity index (χ0) is 20.9. The summed E-state index contributed by atoms with van der Waals surface area (Å²) in [7, 11) is 0. The van der Waals surface area contributed by atoms with E-state index in [-0.39, 0.29) is 11.8 Å². The van der Waals surface area contributed by atoms with Gasteiger partial charge in [-0.3, -0.25) is 4.79 Å². The summed E-state index contributed by atoms with van der Waals surface area (Å²) in [5, 5.41) is 3.13. The van der Waals surface area contributed by atoms with E-state index < -0.39 is 0 Å². The number of carbonyl (C=O) groups is 1. The maximum Gasteiger partial charge on any atom is 0.223 e. The fraction of sp³-hybridized carbons (Fsp3) is 0.440. The van der Waals surface area contributed by atoms with Crippen LogP contribution >= 0.6 is 0 Å². The van der Waals surface area contributed by atoms with Crippen molar-refractivity contribution in [3.8, 4) is 5.75 Å². The molecule has 5 nitrogen and oxygen atoms in total. The molecule has 0 aliphatic heterocycles. The molecule has 1 saturated carbocycles. The summed E-state index contributed by atoms with van der Waals surface area (Å²) in [6, 6.07) is 14.4. The number of ether oxygens (including phenoxy) is 1. The Morgan fingerprint density at radius 3 is 2.60 bits per heavy atom. The van der Waals surface area contributed by atoms with E-state index in [1.54, 1.807) is 0 Å². The highest BCUT2D eigenvalue weighted by Crippen LogP contribution is 2.24. The smallest absolute Gasteiger partial charge is 0.223 e. The van der Waals surface area contributed by atoms with E-state index in [4.69, 9.17) is 9.72 Å². The van der Waals surface area contributed by atoms with Crippen LogP contribution in [0.25, 0.3) is 11.0 Å². The molecule has 0 saturated heterocycles. The lowest BCUT2D eigenvalue weighted by Crippen LogP contribution is -2.32. The number of hydrogen-bond donors (Lipinski definition) is 1. The van der Waals surface area contributed by atoms with Crippen molar-refractivity contribution in [3.05, 3.63) is 59.4 Å². The lowest BCUT2D eigenvalue weighted by atomic mass is 9.89. The molecule has 1 aliphatic carbocycles. The summed E-state index contributed by atoms with van der Waals surface area (Å²) in [5.41, 5.74) is 4.42. The fourth-order valence-electron chi connectivity index (χ4n) is 4.46. The van der Waals surface area contributed by atoms with Crippen molar-refractivity contribution in [1.29, 1.82) is 0 Å². The van der Waals surface area contributed by atoms with E-state index in [0.717, 1.165) is 48.3 Å². The Morgan fingerprint density at radius 2 is 1.83 bits per heavy atom. The van der Waals surface area contributed by atoms with Crippen LogP contribution in [0.15, 0.2) is 42.5 Å². The molecule has 4 rings (SSSR count). The predicted molar refractivity (Wildman–Crippen MR) is 120 cm³/mol. The highest BCUT2D eigenvalue weighted by Gasteiger charge is 2.21. The SMILES string of the molecule is Cc1cc(C)cc(OCCn2c(CNC(=O)C3CCCCC3)nc3ccccc32)c1. The summed E-state index contributed by atoms with van der Waals surface area (Å²) < 4.78 is 8.20. The fourth-order valence-corrected chi connectivity index (χ4v) is 4.46. The van der Waals surface area contributed by atoms with Gasteiger partial charge in [0.1, 0.15) is 18.2 Å². The number of carbonyl (C=O) groups excluding carboxylic acids is 1. The number of para-hydroxylation sites is 2. The van der Waals surface area contributed by atoms with Gasteiger partial charge in [-0.05, 0) is 62.1 Å². The molecule has 1 aromatic heterocycles. The molecule has 0 unspecified atom stereocenters. The van der Waals surface area contributed by atoms with Gasteiger partial charge in [-0.25, -0.2) is 4.98 Å². The van der Waals surface area contributed by atoms with E-state index in [0.29, 0.717) is 19.7 Å². The van der Waals surface area contributed by atoms with Gasteiger partial charge < -0.3 is 14.6 Å². The number of hydrogen-bond acceptors (Lipinski definition) is 3. The second-order valence-electron chi connectivity index (χ2n) is 8.39. The van der Waals surface area contributed by atoms with Crippen LogP contribution < -0.4 is 10.1 Å². The molecule has 30 heavy (non-hydrogen) atoms. The van der Waals surface area contributed by atoms with Crippen molar-refractivity contribution >= 4 is 16.9 Å². The molecule has 1 aliphatic rings. The van der Waals surface area contributed by atoms with E-state index in [2.05, 4.69) is 48.0 Å². The van der Waals surface area contributed by atoms with Crippen LogP contribution in [0, 0.1) is 19.8 Å². The van der Waals surface area contributed by atoms with Crippen LogP contribution in [0.3, 0.4) is 0 Å². The zero-order valence-corrected chi connectivity index (χ0v) is 18.0. The molecule has 3 aromatic rings. The van der Waals surface area contributed by atoms with Crippen molar-refractivity contribution in [2.45, 2.75) is 59.0 Å². The third-order valence-corrected chi connectivity index (χ3v) is 5.91. The topological polar surface area (TPSA) is 56.1 Å². The average Bonchev–Trinajstić information content (AvgIpc) is 3.09. The van der Waals surface area contributed by atoms with Crippen LogP contribution in [0.5, 0.6) is 5.75 Å². The Hall–Kier alpha value is -2.82. The van der Waals surface area contributed by atoms with Gasteiger partial charge in [-0.2, -0.15) is 0 Å². The molecule has 0 spiro atoms. The Kier molecular flexibility index (Phi) is 6.36. The summed E-state index contributed by atoms with van der Waals surface area (Å²) >= 11 is 0. The largest absolute Gasteiger partial charge is 0.492 e. The maximum absolute atomic E-state index is 12.6. The summed E-state index contributed by atoms with van der Waals surface area (Å²) in [4.78, 5) is 17.4. The van der Waals surface area contributed by atoms with Crippen molar-refractivity contribution in [2.75, 3.05) is 6.61 Å². The van der Waals surface area contributed by atoms with Gasteiger partial charge in [0, 0.05) is 5.92 Å². The number of aryl methyl sites for hydroxylation is 2. The Morgan fingerprint density at radius 1 is 1.10 bits per heavy atom. The van der Waals surface area contributed by atoms with Crippen molar-refractivity contribution in [1.82, 2.24) is 14.9 Å². The van der Waals surface area contributed by atoms with Gasteiger partial charge in [-0.1, -0.05) is 37.5 Å². The quantitative estimate of drug-likeness (QED) is 0.606. The number of aromatic nitrogens is 2. The molecule has 0 radical (unpaired) electrons. The van der Waals surface area contributed by atoms with Gasteiger partial charge in [-0.15, -0.1) is 0 Å². The third-order valence-electron chi connectivity index (χ3n) is 5.91. The molecule has 1 amide bonds. The third kappa shape index (κ3) is 4.84. The minimum atomic E-state index is 0.157. The zero-order valence-electron chi connectivity index (χ0n) is 18.0. The van der Waals surface area contributed by atoms with Crippen LogP contribution in [-0.4, -0.2) is 22.1 Å². The predicted octanol–water partition coefficient (Wildman–Crippen LogP) is 4.93. The number of nitrogens with zero attached hydrogens (tertiary/aromatic N) is 2. The lowest BCUT2D eigenvalue weighted by Gasteiger charge is -2.20. The van der Waals surface area contributed by atoms with Crippen molar-refractivity contribution < 1.29 is 9.53 Å². The van der Waals surface area contributed by atoms with E-state index in [1.807, 2.05) is 18.2 Å². The second kappa shape index (κ2) is 9.33. The van der Waals surface area contributed by atoms with E-state index in [1.165, 1.54) is 17.5 Å². The standard InChI is InChI=1S/C25H31N3O2/c1-18-14-19(2)16-21(15-18)30-13-12-28-23-11-7-6-10-22(23)27-24(28)17-26-25(29)20-8-4-3-5-9-20/h6-7,10-11,14-16,20H,3-5,8-9,12-13,17H2,1-2H3,(H,26,29). The Bertz CT molecular complexity index is 998. The van der Waals surface area contributed by atoms with Gasteiger partial charge in [0.2, 0.25) is 5.91 Å². The number of fused-ring (bicyclic) bond motifs is 1. The summed E-state index contributed by atoms with van der Waals surface area (Å²) in [6.45, 7) is 5.84. The number of benzene rings is 2. The molecule has 0 atom stereocenters. The second-order valence-corrected chi connectivity index (χ2v) is 8.39. The van der Waals surface area contributed by atoms with Gasteiger partial charge in [0.15, 0.2) is 0 Å². The highest BCUT2D eigenvalue weighted by molar-refractivity contribution is 5.79. The Labute approximate surface area is 178 Å². The summed E-state index contributed by atoms with van der Waals surface area (Å²) in [6.07, 6.45) is 5.58. The average molecular weight is 406 g/mol. The molecule has 0 bridgehead atoms. The number of rotatable bonds is 7. The molecule has 5 heteroatoms. The first kappa shape index (κ1) is 20.5. The van der Waals surface area contributed by atoms with Crippen LogP contribution in [0.4, 0.5) is 0 Å². The molecule has 2 aromatic carbocycles.